The molecule has 2 aliphatic carbocycles. The Labute approximate surface area is 127 Å². The number of hydrogen-bond acceptors (Lipinski definition) is 3. The number of aryl methyl sites for hydroxylation is 1. The molecule has 6 heteroatoms. The molecule has 1 heterocycles. The van der Waals surface area contributed by atoms with Crippen LogP contribution in [-0.4, -0.2) is 24.4 Å². The molecule has 2 N–H and O–H groups in total. The van der Waals surface area contributed by atoms with Crippen molar-refractivity contribution in [3.05, 3.63) is 12.0 Å². The number of H-pyrrole nitrogens is 1. The van der Waals surface area contributed by atoms with Crippen molar-refractivity contribution in [2.75, 3.05) is 0 Å². The Kier molecular flexibility index (Phi) is 3.26. The third-order valence-corrected chi connectivity index (χ3v) is 7.70. The molecule has 0 saturated heterocycles. The van der Waals surface area contributed by atoms with Crippen molar-refractivity contribution in [3.8, 4) is 0 Å². The van der Waals surface area contributed by atoms with Crippen LogP contribution in [0.15, 0.2) is 11.2 Å². The van der Waals surface area contributed by atoms with Gasteiger partial charge in [0.05, 0.1) is 6.20 Å². The highest BCUT2D eigenvalue weighted by atomic mass is 32.2. The zero-order chi connectivity index (χ0) is 15.5. The SMILES string of the molecule is CCc1ncc(S(=O)(=O)NC2CC3CCC2(C)C3(C)C)[nH]1. The topological polar surface area (TPSA) is 74.8 Å². The summed E-state index contributed by atoms with van der Waals surface area (Å²) in [5.74, 6) is 1.32. The lowest BCUT2D eigenvalue weighted by Gasteiger charge is -2.39. The van der Waals surface area contributed by atoms with Gasteiger partial charge >= 0.3 is 0 Å². The number of rotatable bonds is 4. The second-order valence-corrected chi connectivity index (χ2v) is 9.01. The normalized spacial score (nSPS) is 34.5. The number of nitrogens with zero attached hydrogens (tertiary/aromatic N) is 1. The summed E-state index contributed by atoms with van der Waals surface area (Å²) in [6.07, 6.45) is 5.37. The monoisotopic (exact) mass is 311 g/mol. The molecule has 2 aliphatic rings. The Hall–Kier alpha value is -0.880. The summed E-state index contributed by atoms with van der Waals surface area (Å²) in [6, 6.07) is 0.0182. The Morgan fingerprint density at radius 3 is 2.62 bits per heavy atom. The molecule has 118 valence electrons. The Morgan fingerprint density at radius 1 is 1.43 bits per heavy atom. The average Bonchev–Trinajstić information content (AvgIpc) is 3.02. The van der Waals surface area contributed by atoms with Gasteiger partial charge in [-0.3, -0.25) is 0 Å². The number of hydrogen-bond donors (Lipinski definition) is 2. The largest absolute Gasteiger partial charge is 0.332 e. The molecule has 0 amide bonds. The maximum atomic E-state index is 12.6. The van der Waals surface area contributed by atoms with Crippen molar-refractivity contribution in [1.29, 1.82) is 0 Å². The summed E-state index contributed by atoms with van der Waals surface area (Å²) >= 11 is 0. The summed E-state index contributed by atoms with van der Waals surface area (Å²) in [5, 5.41) is 0.184. The van der Waals surface area contributed by atoms with E-state index < -0.39 is 10.0 Å². The van der Waals surface area contributed by atoms with Crippen LogP contribution in [0, 0.1) is 16.7 Å². The number of aromatic nitrogens is 2. The molecule has 1 aromatic heterocycles. The quantitative estimate of drug-likeness (QED) is 0.897. The van der Waals surface area contributed by atoms with Crippen molar-refractivity contribution < 1.29 is 8.42 Å². The van der Waals surface area contributed by atoms with Gasteiger partial charge in [-0.1, -0.05) is 27.7 Å². The predicted octanol–water partition coefficient (Wildman–Crippen LogP) is 2.47. The number of fused-ring (bicyclic) bond motifs is 2. The zero-order valence-electron chi connectivity index (χ0n) is 13.2. The minimum absolute atomic E-state index is 0.0182. The van der Waals surface area contributed by atoms with Crippen LogP contribution in [0.25, 0.3) is 0 Å². The summed E-state index contributed by atoms with van der Waals surface area (Å²) < 4.78 is 28.1. The first kappa shape index (κ1) is 15.0. The second-order valence-electron chi connectivity index (χ2n) is 7.33. The van der Waals surface area contributed by atoms with Gasteiger partial charge in [0, 0.05) is 12.5 Å². The van der Waals surface area contributed by atoms with Gasteiger partial charge in [0.1, 0.15) is 5.82 Å². The van der Waals surface area contributed by atoms with Crippen molar-refractivity contribution in [2.24, 2.45) is 16.7 Å². The van der Waals surface area contributed by atoms with Crippen LogP contribution in [0.3, 0.4) is 0 Å². The van der Waals surface area contributed by atoms with E-state index in [9.17, 15) is 8.42 Å². The molecule has 3 rings (SSSR count). The maximum absolute atomic E-state index is 12.6. The molecule has 0 aromatic carbocycles. The molecule has 21 heavy (non-hydrogen) atoms. The highest BCUT2D eigenvalue weighted by Crippen LogP contribution is 2.65. The lowest BCUT2D eigenvalue weighted by atomic mass is 9.69. The minimum atomic E-state index is -3.51. The Balaban J connectivity index is 1.84. The highest BCUT2D eigenvalue weighted by Gasteiger charge is 2.61. The first-order chi connectivity index (χ1) is 9.70. The van der Waals surface area contributed by atoms with Crippen LogP contribution >= 0.6 is 0 Å². The van der Waals surface area contributed by atoms with E-state index in [1.807, 2.05) is 6.92 Å². The lowest BCUT2D eigenvalue weighted by Crippen LogP contribution is -2.46. The van der Waals surface area contributed by atoms with Gasteiger partial charge in [-0.2, -0.15) is 0 Å². The van der Waals surface area contributed by atoms with Gasteiger partial charge in [0.15, 0.2) is 5.03 Å². The van der Waals surface area contributed by atoms with Crippen LogP contribution in [0.2, 0.25) is 0 Å². The molecule has 5 nitrogen and oxygen atoms in total. The molecule has 0 aliphatic heterocycles. The third kappa shape index (κ3) is 2.06. The molecule has 2 bridgehead atoms. The highest BCUT2D eigenvalue weighted by molar-refractivity contribution is 7.89. The fraction of sp³-hybridized carbons (Fsp3) is 0.800. The summed E-state index contributed by atoms with van der Waals surface area (Å²) in [7, 11) is -3.51. The van der Waals surface area contributed by atoms with Crippen molar-refractivity contribution in [3.63, 3.8) is 0 Å². The van der Waals surface area contributed by atoms with Gasteiger partial charge in [-0.25, -0.2) is 18.1 Å². The first-order valence-corrected chi connectivity index (χ1v) is 9.25. The minimum Gasteiger partial charge on any atom is -0.332 e. The standard InChI is InChI=1S/C15H25N3O2S/c1-5-12-16-9-13(17-12)21(19,20)18-11-8-10-6-7-15(11,4)14(10,2)3/h9-11,18H,5-8H2,1-4H3,(H,16,17). The third-order valence-electron chi connectivity index (χ3n) is 6.32. The Morgan fingerprint density at radius 2 is 2.14 bits per heavy atom. The smallest absolute Gasteiger partial charge is 0.257 e. The van der Waals surface area contributed by atoms with Crippen LogP contribution in [-0.2, 0) is 16.4 Å². The van der Waals surface area contributed by atoms with Crippen molar-refractivity contribution in [2.45, 2.75) is 64.4 Å². The number of imidazole rings is 1. The van der Waals surface area contributed by atoms with Crippen LogP contribution in [0.1, 0.15) is 52.8 Å². The molecule has 0 radical (unpaired) electrons. The molecular weight excluding hydrogens is 286 g/mol. The fourth-order valence-corrected chi connectivity index (χ4v) is 5.59. The number of aromatic amines is 1. The number of nitrogens with one attached hydrogen (secondary N) is 2. The molecule has 0 spiro atoms. The van der Waals surface area contributed by atoms with Gasteiger partial charge in [-0.05, 0) is 36.0 Å². The van der Waals surface area contributed by atoms with Gasteiger partial charge in [0.2, 0.25) is 0 Å². The molecule has 3 atom stereocenters. The van der Waals surface area contributed by atoms with E-state index in [0.29, 0.717) is 18.2 Å². The molecule has 2 fully saturated rings. The summed E-state index contributed by atoms with van der Waals surface area (Å²) in [4.78, 5) is 6.99. The van der Waals surface area contributed by atoms with E-state index in [4.69, 9.17) is 0 Å². The van der Waals surface area contributed by atoms with E-state index in [1.54, 1.807) is 0 Å². The summed E-state index contributed by atoms with van der Waals surface area (Å²) in [6.45, 7) is 8.74. The zero-order valence-corrected chi connectivity index (χ0v) is 14.0. The first-order valence-electron chi connectivity index (χ1n) is 7.77. The predicted molar refractivity (Wildman–Crippen MR) is 81.3 cm³/mol. The molecular formula is C15H25N3O2S. The molecule has 3 unspecified atom stereocenters. The Bertz CT molecular complexity index is 650. The molecule has 1 aromatic rings. The maximum Gasteiger partial charge on any atom is 0.257 e. The lowest BCUT2D eigenvalue weighted by molar-refractivity contribution is 0.130. The van der Waals surface area contributed by atoms with E-state index in [0.717, 1.165) is 12.8 Å². The van der Waals surface area contributed by atoms with Crippen molar-refractivity contribution >= 4 is 10.0 Å². The van der Waals surface area contributed by atoms with Crippen LogP contribution < -0.4 is 4.72 Å². The summed E-state index contributed by atoms with van der Waals surface area (Å²) in [5.41, 5.74) is 0.237. The van der Waals surface area contributed by atoms with E-state index in [1.165, 1.54) is 12.6 Å². The van der Waals surface area contributed by atoms with Gasteiger partial charge in [-0.15, -0.1) is 0 Å². The fourth-order valence-electron chi connectivity index (χ4n) is 4.29. The van der Waals surface area contributed by atoms with Crippen molar-refractivity contribution in [1.82, 2.24) is 14.7 Å². The van der Waals surface area contributed by atoms with E-state index in [2.05, 4.69) is 35.5 Å². The van der Waals surface area contributed by atoms with Crippen LogP contribution in [0.5, 0.6) is 0 Å². The van der Waals surface area contributed by atoms with Crippen LogP contribution in [0.4, 0.5) is 0 Å². The van der Waals surface area contributed by atoms with E-state index >= 15 is 0 Å². The van der Waals surface area contributed by atoms with Gasteiger partial charge < -0.3 is 4.98 Å². The second kappa shape index (κ2) is 4.56. The number of sulfonamides is 1. The molecule has 2 saturated carbocycles. The van der Waals surface area contributed by atoms with E-state index in [-0.39, 0.29) is 21.9 Å². The average molecular weight is 311 g/mol. The van der Waals surface area contributed by atoms with Gasteiger partial charge in [0.25, 0.3) is 10.0 Å².